The number of hydrogen-bond donors (Lipinski definition) is 3. The highest BCUT2D eigenvalue weighted by Gasteiger charge is 2.18. The van der Waals surface area contributed by atoms with Gasteiger partial charge in [-0.1, -0.05) is 60.1 Å². The number of amides is 3. The van der Waals surface area contributed by atoms with Gasteiger partial charge in [-0.3, -0.25) is 14.4 Å². The van der Waals surface area contributed by atoms with Gasteiger partial charge in [0.25, 0.3) is 5.91 Å². The van der Waals surface area contributed by atoms with Crippen LogP contribution in [0.25, 0.3) is 6.08 Å². The average Bonchev–Trinajstić information content (AvgIpc) is 2.83. The summed E-state index contributed by atoms with van der Waals surface area (Å²) in [6, 6.07) is 22.5. The predicted octanol–water partition coefficient (Wildman–Crippen LogP) is 4.74. The van der Waals surface area contributed by atoms with Crippen molar-refractivity contribution in [2.75, 3.05) is 10.6 Å². The Morgan fingerprint density at radius 2 is 1.48 bits per heavy atom. The fourth-order valence-corrected chi connectivity index (χ4v) is 2.83. The van der Waals surface area contributed by atoms with Crippen molar-refractivity contribution in [1.29, 1.82) is 0 Å². The van der Waals surface area contributed by atoms with E-state index in [4.69, 9.17) is 11.6 Å². The maximum absolute atomic E-state index is 12.6. The number of hydrazone groups is 1. The summed E-state index contributed by atoms with van der Waals surface area (Å²) in [4.78, 5) is 37.1. The minimum Gasteiger partial charge on any atom is -0.322 e. The molecule has 3 aromatic rings. The molecule has 0 saturated heterocycles. The Bertz CT molecular complexity index is 1210. The van der Waals surface area contributed by atoms with Crippen LogP contribution in [0.2, 0.25) is 5.02 Å². The number of halogens is 1. The maximum Gasteiger partial charge on any atom is 0.329 e. The van der Waals surface area contributed by atoms with Crippen molar-refractivity contribution < 1.29 is 14.4 Å². The summed E-state index contributed by atoms with van der Waals surface area (Å²) >= 11 is 5.86. The van der Waals surface area contributed by atoms with Gasteiger partial charge in [0.15, 0.2) is 0 Å². The predicted molar refractivity (Wildman–Crippen MR) is 131 cm³/mol. The molecule has 0 fully saturated rings. The number of rotatable bonds is 6. The molecule has 0 atom stereocenters. The molecule has 0 heterocycles. The first-order chi connectivity index (χ1) is 15.9. The third kappa shape index (κ3) is 7.15. The average molecular weight is 461 g/mol. The lowest BCUT2D eigenvalue weighted by Gasteiger charge is -2.11. The van der Waals surface area contributed by atoms with Crippen LogP contribution in [0.15, 0.2) is 90.0 Å². The van der Waals surface area contributed by atoms with Gasteiger partial charge in [0.05, 0.1) is 17.0 Å². The molecule has 0 aromatic heterocycles. The number of carbonyl (C=O) groups is 3. The largest absolute Gasteiger partial charge is 0.329 e. The van der Waals surface area contributed by atoms with Crippen LogP contribution in [-0.4, -0.2) is 23.4 Å². The van der Waals surface area contributed by atoms with Gasteiger partial charge in [0.2, 0.25) is 0 Å². The molecule has 3 rings (SSSR count). The quantitative estimate of drug-likeness (QED) is 0.281. The summed E-state index contributed by atoms with van der Waals surface area (Å²) in [6.07, 6.45) is 3.55. The summed E-state index contributed by atoms with van der Waals surface area (Å²) in [5, 5.41) is 9.61. The molecule has 0 unspecified atom stereocenters. The van der Waals surface area contributed by atoms with Crippen LogP contribution >= 0.6 is 11.6 Å². The second-order valence-electron chi connectivity index (χ2n) is 6.90. The molecule has 3 aromatic carbocycles. The molecule has 0 spiro atoms. The van der Waals surface area contributed by atoms with Gasteiger partial charge in [-0.05, 0) is 55.0 Å². The van der Waals surface area contributed by atoms with Gasteiger partial charge >= 0.3 is 11.8 Å². The first-order valence-corrected chi connectivity index (χ1v) is 10.3. The number of para-hydroxylation sites is 1. The number of carbonyl (C=O) groups excluding carboxylic acids is 3. The van der Waals surface area contributed by atoms with E-state index in [9.17, 15) is 14.4 Å². The lowest BCUT2D eigenvalue weighted by atomic mass is 10.1. The molecule has 3 N–H and O–H groups in total. The van der Waals surface area contributed by atoms with E-state index in [0.29, 0.717) is 16.4 Å². The number of anilines is 2. The molecule has 33 heavy (non-hydrogen) atoms. The molecule has 0 bridgehead atoms. The Balaban J connectivity index is 1.61. The van der Waals surface area contributed by atoms with Gasteiger partial charge < -0.3 is 10.6 Å². The van der Waals surface area contributed by atoms with Crippen molar-refractivity contribution in [3.8, 4) is 0 Å². The van der Waals surface area contributed by atoms with Crippen LogP contribution in [0.1, 0.15) is 22.8 Å². The fraction of sp³-hybridized carbons (Fsp3) is 0.0400. The second-order valence-corrected chi connectivity index (χ2v) is 7.34. The maximum atomic E-state index is 12.6. The Labute approximate surface area is 196 Å². The minimum absolute atomic E-state index is 0.189. The van der Waals surface area contributed by atoms with E-state index in [1.54, 1.807) is 49.4 Å². The molecule has 7 nitrogen and oxygen atoms in total. The third-order valence-corrected chi connectivity index (χ3v) is 4.63. The van der Waals surface area contributed by atoms with Crippen LogP contribution in [0, 0.1) is 0 Å². The number of nitrogens with zero attached hydrogens (tertiary/aromatic N) is 1. The number of hydrogen-bond acceptors (Lipinski definition) is 4. The SMILES string of the molecule is CC(C=Cc1ccccc1)=NNC(=O)C(=O)Nc1ccccc1C(=O)Nc1ccc(Cl)cc1. The highest BCUT2D eigenvalue weighted by atomic mass is 35.5. The molecular formula is C25H21ClN4O3. The van der Waals surface area contributed by atoms with Crippen LogP contribution in [-0.2, 0) is 9.59 Å². The summed E-state index contributed by atoms with van der Waals surface area (Å²) in [5.41, 5.74) is 4.61. The van der Waals surface area contributed by atoms with Crippen molar-refractivity contribution >= 4 is 52.5 Å². The summed E-state index contributed by atoms with van der Waals surface area (Å²) in [5.74, 6) is -2.37. The summed E-state index contributed by atoms with van der Waals surface area (Å²) in [6.45, 7) is 1.69. The van der Waals surface area contributed by atoms with Crippen molar-refractivity contribution in [3.63, 3.8) is 0 Å². The molecule has 0 aliphatic heterocycles. The normalized spacial score (nSPS) is 11.2. The van der Waals surface area contributed by atoms with Gasteiger partial charge in [-0.2, -0.15) is 5.10 Å². The molecule has 3 amide bonds. The van der Waals surface area contributed by atoms with E-state index in [1.807, 2.05) is 36.4 Å². The first-order valence-electron chi connectivity index (χ1n) is 9.97. The van der Waals surface area contributed by atoms with Gasteiger partial charge in [0, 0.05) is 10.7 Å². The van der Waals surface area contributed by atoms with Crippen molar-refractivity contribution in [1.82, 2.24) is 5.43 Å². The fourth-order valence-electron chi connectivity index (χ4n) is 2.71. The Hall–Kier alpha value is -4.23. The summed E-state index contributed by atoms with van der Waals surface area (Å²) in [7, 11) is 0. The van der Waals surface area contributed by atoms with E-state index in [-0.39, 0.29) is 11.3 Å². The second kappa shape index (κ2) is 11.4. The molecule has 166 valence electrons. The monoisotopic (exact) mass is 460 g/mol. The molecule has 0 saturated carbocycles. The van der Waals surface area contributed by atoms with Crippen LogP contribution < -0.4 is 16.1 Å². The topological polar surface area (TPSA) is 99.7 Å². The Kier molecular flexibility index (Phi) is 8.10. The van der Waals surface area contributed by atoms with Crippen molar-refractivity contribution in [3.05, 3.63) is 101 Å². The highest BCUT2D eigenvalue weighted by molar-refractivity contribution is 6.40. The van der Waals surface area contributed by atoms with Crippen molar-refractivity contribution in [2.24, 2.45) is 5.10 Å². The number of nitrogens with one attached hydrogen (secondary N) is 3. The van der Waals surface area contributed by atoms with E-state index >= 15 is 0 Å². The van der Waals surface area contributed by atoms with Gasteiger partial charge in [-0.15, -0.1) is 0 Å². The number of benzene rings is 3. The van der Waals surface area contributed by atoms with Crippen LogP contribution in [0.5, 0.6) is 0 Å². The lowest BCUT2D eigenvalue weighted by Crippen LogP contribution is -2.33. The zero-order chi connectivity index (χ0) is 23.6. The van der Waals surface area contributed by atoms with E-state index < -0.39 is 17.7 Å². The molecule has 8 heteroatoms. The van der Waals surface area contributed by atoms with Crippen molar-refractivity contribution in [2.45, 2.75) is 6.92 Å². The van der Waals surface area contributed by atoms with Crippen LogP contribution in [0.3, 0.4) is 0 Å². The molecule has 0 aliphatic rings. The zero-order valence-corrected chi connectivity index (χ0v) is 18.5. The molecule has 0 aliphatic carbocycles. The zero-order valence-electron chi connectivity index (χ0n) is 17.7. The van der Waals surface area contributed by atoms with Gasteiger partial charge in [0.1, 0.15) is 0 Å². The Morgan fingerprint density at radius 1 is 0.818 bits per heavy atom. The summed E-state index contributed by atoms with van der Waals surface area (Å²) < 4.78 is 0. The smallest absolute Gasteiger partial charge is 0.322 e. The molecular weight excluding hydrogens is 440 g/mol. The minimum atomic E-state index is -0.963. The lowest BCUT2D eigenvalue weighted by molar-refractivity contribution is -0.136. The van der Waals surface area contributed by atoms with E-state index in [2.05, 4.69) is 21.2 Å². The Morgan fingerprint density at radius 3 is 2.21 bits per heavy atom. The number of allylic oxidation sites excluding steroid dienone is 1. The molecule has 0 radical (unpaired) electrons. The first kappa shape index (κ1) is 23.4. The van der Waals surface area contributed by atoms with Gasteiger partial charge in [-0.25, -0.2) is 5.43 Å². The van der Waals surface area contributed by atoms with E-state index in [1.165, 1.54) is 12.1 Å². The standard InChI is InChI=1S/C25H21ClN4O3/c1-17(11-12-18-7-3-2-4-8-18)29-30-25(33)24(32)28-22-10-6-5-9-21(22)23(31)27-20-15-13-19(26)14-16-20/h2-16H,1H3,(H,27,31)(H,28,32)(H,30,33). The highest BCUT2D eigenvalue weighted by Crippen LogP contribution is 2.19. The third-order valence-electron chi connectivity index (χ3n) is 4.38. The van der Waals surface area contributed by atoms with Crippen LogP contribution in [0.4, 0.5) is 11.4 Å². The van der Waals surface area contributed by atoms with E-state index in [0.717, 1.165) is 5.56 Å².